The van der Waals surface area contributed by atoms with Gasteiger partial charge in [0.15, 0.2) is 0 Å². The van der Waals surface area contributed by atoms with Gasteiger partial charge in [0, 0.05) is 18.0 Å². The van der Waals surface area contributed by atoms with E-state index in [0.29, 0.717) is 34.0 Å². The summed E-state index contributed by atoms with van der Waals surface area (Å²) in [5.74, 6) is -0.0367. The van der Waals surface area contributed by atoms with Crippen LogP contribution in [0.3, 0.4) is 0 Å². The quantitative estimate of drug-likeness (QED) is 0.422. The minimum Gasteiger partial charge on any atom is -0.485 e. The molecule has 172 valence electrons. The van der Waals surface area contributed by atoms with Crippen molar-refractivity contribution in [1.82, 2.24) is 9.38 Å². The smallest absolute Gasteiger partial charge is 0.337 e. The number of amides is 2. The van der Waals surface area contributed by atoms with Crippen LogP contribution >= 0.6 is 0 Å². The number of aryl methyl sites for hydroxylation is 1. The zero-order valence-corrected chi connectivity index (χ0v) is 18.6. The molecule has 0 spiro atoms. The van der Waals surface area contributed by atoms with Crippen molar-refractivity contribution >= 4 is 29.0 Å². The summed E-state index contributed by atoms with van der Waals surface area (Å²) in [5.41, 5.74) is 3.08. The summed E-state index contributed by atoms with van der Waals surface area (Å²) in [4.78, 5) is 40.9. The Kier molecular flexibility index (Phi) is 6.54. The highest BCUT2D eigenvalue weighted by atomic mass is 16.5. The summed E-state index contributed by atoms with van der Waals surface area (Å²) in [6.07, 6.45) is 1.73. The Hall–Kier alpha value is -4.66. The van der Waals surface area contributed by atoms with Gasteiger partial charge in [0.1, 0.15) is 18.0 Å². The summed E-state index contributed by atoms with van der Waals surface area (Å²) in [7, 11) is 1.30. The van der Waals surface area contributed by atoms with E-state index in [9.17, 15) is 14.4 Å². The van der Waals surface area contributed by atoms with Crippen LogP contribution in [0.25, 0.3) is 5.65 Å². The fraction of sp³-hybridized carbons (Fsp3) is 0.120. The average Bonchev–Trinajstić information content (AvgIpc) is 2.84. The molecule has 2 heterocycles. The standard InChI is InChI=1S/C25H22N4O5/c1-16-7-12-22-26-19(13-23(30)29(22)14-16)15-34-21-6-4-3-5-20(21)28-25(32)27-18-10-8-17(9-11-18)24(31)33-2/h3-14H,15H2,1-2H3,(H2,27,28,32). The van der Waals surface area contributed by atoms with Gasteiger partial charge in [-0.2, -0.15) is 0 Å². The Labute approximate surface area is 195 Å². The highest BCUT2D eigenvalue weighted by Crippen LogP contribution is 2.25. The van der Waals surface area contributed by atoms with Crippen LogP contribution in [-0.2, 0) is 11.3 Å². The average molecular weight is 458 g/mol. The molecule has 34 heavy (non-hydrogen) atoms. The Morgan fingerprint density at radius 3 is 2.53 bits per heavy atom. The number of rotatable bonds is 6. The van der Waals surface area contributed by atoms with Crippen LogP contribution in [0, 0.1) is 6.92 Å². The molecule has 0 radical (unpaired) electrons. The molecule has 0 aliphatic rings. The van der Waals surface area contributed by atoms with E-state index in [1.807, 2.05) is 13.0 Å². The third kappa shape index (κ3) is 5.21. The number of anilines is 2. The molecule has 2 amide bonds. The number of carbonyl (C=O) groups is 2. The molecule has 9 heteroatoms. The fourth-order valence-corrected chi connectivity index (χ4v) is 3.27. The molecule has 0 saturated carbocycles. The first-order valence-electron chi connectivity index (χ1n) is 10.4. The lowest BCUT2D eigenvalue weighted by atomic mass is 10.2. The minimum atomic E-state index is -0.487. The van der Waals surface area contributed by atoms with Crippen LogP contribution in [0.2, 0.25) is 0 Å². The number of ether oxygens (including phenoxy) is 2. The number of pyridine rings is 1. The number of urea groups is 1. The molecular weight excluding hydrogens is 436 g/mol. The zero-order valence-electron chi connectivity index (χ0n) is 18.6. The summed E-state index contributed by atoms with van der Waals surface area (Å²) >= 11 is 0. The molecule has 0 unspecified atom stereocenters. The normalized spacial score (nSPS) is 10.5. The van der Waals surface area contributed by atoms with Crippen molar-refractivity contribution in [2.24, 2.45) is 0 Å². The van der Waals surface area contributed by atoms with E-state index in [1.165, 1.54) is 17.6 Å². The lowest BCUT2D eigenvalue weighted by molar-refractivity contribution is 0.0600. The largest absolute Gasteiger partial charge is 0.485 e. The van der Waals surface area contributed by atoms with Gasteiger partial charge in [0.05, 0.1) is 24.1 Å². The van der Waals surface area contributed by atoms with Crippen molar-refractivity contribution in [3.05, 3.63) is 100 Å². The molecule has 0 atom stereocenters. The second-order valence-electron chi connectivity index (χ2n) is 7.45. The van der Waals surface area contributed by atoms with Crippen LogP contribution in [-0.4, -0.2) is 28.5 Å². The van der Waals surface area contributed by atoms with Crippen LogP contribution in [0.1, 0.15) is 21.6 Å². The van der Waals surface area contributed by atoms with E-state index in [4.69, 9.17) is 4.74 Å². The second-order valence-corrected chi connectivity index (χ2v) is 7.45. The first-order chi connectivity index (χ1) is 16.4. The maximum atomic E-state index is 12.5. The van der Waals surface area contributed by atoms with Crippen LogP contribution in [0.4, 0.5) is 16.2 Å². The van der Waals surface area contributed by atoms with Gasteiger partial charge in [-0.05, 0) is 55.0 Å². The molecule has 0 aliphatic carbocycles. The van der Waals surface area contributed by atoms with E-state index in [2.05, 4.69) is 20.4 Å². The molecule has 9 nitrogen and oxygen atoms in total. The molecule has 0 aliphatic heterocycles. The molecule has 4 rings (SSSR count). The molecular formula is C25H22N4O5. The third-order valence-electron chi connectivity index (χ3n) is 4.94. The lowest BCUT2D eigenvalue weighted by Gasteiger charge is -2.13. The number of methoxy groups -OCH3 is 1. The number of para-hydroxylation sites is 2. The van der Waals surface area contributed by atoms with Gasteiger partial charge in [0.25, 0.3) is 5.56 Å². The fourth-order valence-electron chi connectivity index (χ4n) is 3.27. The van der Waals surface area contributed by atoms with E-state index in [1.54, 1.807) is 60.8 Å². The van der Waals surface area contributed by atoms with E-state index in [-0.39, 0.29) is 12.2 Å². The minimum absolute atomic E-state index is 0.0505. The molecule has 0 fully saturated rings. The molecule has 0 saturated heterocycles. The number of hydrogen-bond donors (Lipinski definition) is 2. The number of carbonyl (C=O) groups excluding carboxylic acids is 2. The number of esters is 1. The summed E-state index contributed by atoms with van der Waals surface area (Å²) < 4.78 is 12.0. The highest BCUT2D eigenvalue weighted by molar-refractivity contribution is 6.01. The van der Waals surface area contributed by atoms with Crippen molar-refractivity contribution in [3.63, 3.8) is 0 Å². The number of fused-ring (bicyclic) bond motifs is 1. The Bertz CT molecular complexity index is 1410. The molecule has 0 bridgehead atoms. The Balaban J connectivity index is 1.43. The topological polar surface area (TPSA) is 111 Å². The number of nitrogens with one attached hydrogen (secondary N) is 2. The van der Waals surface area contributed by atoms with Crippen molar-refractivity contribution < 1.29 is 19.1 Å². The Morgan fingerprint density at radius 1 is 1.00 bits per heavy atom. The highest BCUT2D eigenvalue weighted by Gasteiger charge is 2.11. The third-order valence-corrected chi connectivity index (χ3v) is 4.94. The van der Waals surface area contributed by atoms with Gasteiger partial charge < -0.3 is 20.1 Å². The predicted molar refractivity (Wildman–Crippen MR) is 127 cm³/mol. The Morgan fingerprint density at radius 2 is 1.76 bits per heavy atom. The maximum Gasteiger partial charge on any atom is 0.337 e. The number of nitrogens with zero attached hydrogens (tertiary/aromatic N) is 2. The van der Waals surface area contributed by atoms with E-state index in [0.717, 1.165) is 5.56 Å². The predicted octanol–water partition coefficient (Wildman–Crippen LogP) is 4.01. The van der Waals surface area contributed by atoms with Gasteiger partial charge in [-0.15, -0.1) is 0 Å². The number of benzene rings is 2. The summed E-state index contributed by atoms with van der Waals surface area (Å²) in [6.45, 7) is 1.95. The van der Waals surface area contributed by atoms with E-state index >= 15 is 0 Å². The molecule has 4 aromatic rings. The molecule has 2 N–H and O–H groups in total. The molecule has 2 aromatic carbocycles. The first kappa shape index (κ1) is 22.5. The monoisotopic (exact) mass is 458 g/mol. The van der Waals surface area contributed by atoms with Gasteiger partial charge in [-0.1, -0.05) is 18.2 Å². The van der Waals surface area contributed by atoms with Crippen molar-refractivity contribution in [1.29, 1.82) is 0 Å². The van der Waals surface area contributed by atoms with Crippen molar-refractivity contribution in [2.45, 2.75) is 13.5 Å². The maximum absolute atomic E-state index is 12.5. The summed E-state index contributed by atoms with van der Waals surface area (Å²) in [6, 6.07) is 17.8. The number of aromatic nitrogens is 2. The first-order valence-corrected chi connectivity index (χ1v) is 10.4. The number of hydrogen-bond acceptors (Lipinski definition) is 6. The SMILES string of the molecule is COC(=O)c1ccc(NC(=O)Nc2ccccc2OCc2cc(=O)n3cc(C)ccc3n2)cc1. The zero-order chi connectivity index (χ0) is 24.1. The lowest BCUT2D eigenvalue weighted by Crippen LogP contribution is -2.20. The van der Waals surface area contributed by atoms with Crippen molar-refractivity contribution in [2.75, 3.05) is 17.7 Å². The molecule has 2 aromatic heterocycles. The van der Waals surface area contributed by atoms with Crippen molar-refractivity contribution in [3.8, 4) is 5.75 Å². The van der Waals surface area contributed by atoms with Crippen LogP contribution < -0.4 is 20.9 Å². The van der Waals surface area contributed by atoms with Gasteiger partial charge >= 0.3 is 12.0 Å². The van der Waals surface area contributed by atoms with Gasteiger partial charge in [0.2, 0.25) is 0 Å². The summed E-state index contributed by atoms with van der Waals surface area (Å²) in [5, 5.41) is 5.43. The van der Waals surface area contributed by atoms with E-state index < -0.39 is 12.0 Å². The van der Waals surface area contributed by atoms with Gasteiger partial charge in [-0.3, -0.25) is 9.20 Å². The van der Waals surface area contributed by atoms with Crippen LogP contribution in [0.5, 0.6) is 5.75 Å². The van der Waals surface area contributed by atoms with Crippen LogP contribution in [0.15, 0.2) is 77.7 Å². The van der Waals surface area contributed by atoms with Gasteiger partial charge in [-0.25, -0.2) is 14.6 Å². The second kappa shape index (κ2) is 9.86.